The SMILES string of the molecule is CN1CCN(C(=O)c2cccc(CNC(=O)c3ccc(Cl)s3)c2NC(=O)c2nc3c(s2)CN(C)CC3)CC1. The van der Waals surface area contributed by atoms with Crippen LogP contribution in [0.3, 0.4) is 0 Å². The normalized spacial score (nSPS) is 16.2. The smallest absolute Gasteiger partial charge is 0.284 e. The summed E-state index contributed by atoms with van der Waals surface area (Å²) in [6.07, 6.45) is 0.804. The Kier molecular flexibility index (Phi) is 8.10. The number of fused-ring (bicyclic) bond motifs is 1. The minimum Gasteiger partial charge on any atom is -0.347 e. The lowest BCUT2D eigenvalue weighted by molar-refractivity contribution is 0.0665. The highest BCUT2D eigenvalue weighted by Crippen LogP contribution is 2.28. The second kappa shape index (κ2) is 11.5. The summed E-state index contributed by atoms with van der Waals surface area (Å²) < 4.78 is 0.528. The van der Waals surface area contributed by atoms with Crippen molar-refractivity contribution in [2.75, 3.05) is 52.1 Å². The van der Waals surface area contributed by atoms with Crippen molar-refractivity contribution in [1.29, 1.82) is 0 Å². The number of rotatable bonds is 6. The summed E-state index contributed by atoms with van der Waals surface area (Å²) in [4.78, 5) is 52.1. The molecule has 3 aromatic rings. The number of para-hydroxylation sites is 1. The molecule has 2 aliphatic rings. The van der Waals surface area contributed by atoms with Crippen LogP contribution in [0, 0.1) is 0 Å². The standard InChI is InChI=1S/C26H29ClN6O3S2/c1-31-10-12-33(13-11-31)26(36)17-5-3-4-16(14-28-23(34)19-6-7-21(27)37-19)22(17)30-24(35)25-29-18-8-9-32(2)15-20(18)38-25/h3-7H,8-15H2,1-2H3,(H,28,34)(H,30,35). The van der Waals surface area contributed by atoms with Crippen molar-refractivity contribution >= 4 is 57.7 Å². The van der Waals surface area contributed by atoms with Crippen molar-refractivity contribution < 1.29 is 14.4 Å². The zero-order valence-electron chi connectivity index (χ0n) is 21.3. The molecule has 0 radical (unpaired) electrons. The van der Waals surface area contributed by atoms with Gasteiger partial charge in [-0.1, -0.05) is 23.7 Å². The van der Waals surface area contributed by atoms with Gasteiger partial charge in [0.1, 0.15) is 0 Å². The Labute approximate surface area is 234 Å². The first kappa shape index (κ1) is 26.8. The molecule has 9 nitrogen and oxygen atoms in total. The van der Waals surface area contributed by atoms with Gasteiger partial charge in [0.2, 0.25) is 0 Å². The fourth-order valence-corrected chi connectivity index (χ4v) is 6.58. The van der Waals surface area contributed by atoms with Crippen molar-refractivity contribution in [2.24, 2.45) is 0 Å². The maximum absolute atomic E-state index is 13.6. The van der Waals surface area contributed by atoms with Gasteiger partial charge in [-0.05, 0) is 37.9 Å². The second-order valence-corrected chi connectivity index (χ2v) is 12.4. The number of nitrogens with one attached hydrogen (secondary N) is 2. The number of likely N-dealkylation sites (N-methyl/N-ethyl adjacent to an activating group) is 2. The van der Waals surface area contributed by atoms with E-state index in [1.165, 1.54) is 22.7 Å². The first-order valence-corrected chi connectivity index (χ1v) is 14.4. The molecule has 3 amide bonds. The first-order chi connectivity index (χ1) is 18.3. The fraction of sp³-hybridized carbons (Fsp3) is 0.385. The number of anilines is 1. The van der Waals surface area contributed by atoms with E-state index in [2.05, 4.69) is 25.4 Å². The number of thiophene rings is 1. The second-order valence-electron chi connectivity index (χ2n) is 9.55. The lowest BCUT2D eigenvalue weighted by Crippen LogP contribution is -2.47. The number of thiazole rings is 1. The number of hydrogen-bond donors (Lipinski definition) is 2. The maximum Gasteiger partial charge on any atom is 0.284 e. The predicted molar refractivity (Wildman–Crippen MR) is 150 cm³/mol. The topological polar surface area (TPSA) is 97.9 Å². The van der Waals surface area contributed by atoms with E-state index in [1.807, 2.05) is 14.1 Å². The highest BCUT2D eigenvalue weighted by molar-refractivity contribution is 7.18. The predicted octanol–water partition coefficient (Wildman–Crippen LogP) is 3.42. The number of carbonyl (C=O) groups excluding carboxylic acids is 3. The molecule has 1 saturated heterocycles. The van der Waals surface area contributed by atoms with Crippen LogP contribution in [0.15, 0.2) is 30.3 Å². The fourth-order valence-electron chi connectivity index (χ4n) is 4.54. The number of amides is 3. The van der Waals surface area contributed by atoms with Gasteiger partial charge in [-0.2, -0.15) is 0 Å². The molecule has 0 bridgehead atoms. The Hall–Kier alpha value is -2.83. The number of carbonyl (C=O) groups is 3. The highest BCUT2D eigenvalue weighted by atomic mass is 35.5. The number of hydrogen-bond acceptors (Lipinski definition) is 8. The summed E-state index contributed by atoms with van der Waals surface area (Å²) in [6, 6.07) is 8.65. The molecule has 1 fully saturated rings. The van der Waals surface area contributed by atoms with Crippen molar-refractivity contribution in [1.82, 2.24) is 25.0 Å². The zero-order valence-corrected chi connectivity index (χ0v) is 23.6. The Morgan fingerprint density at radius 2 is 1.76 bits per heavy atom. The third-order valence-corrected chi connectivity index (χ3v) is 9.07. The molecule has 1 aromatic carbocycles. The van der Waals surface area contributed by atoms with Crippen LogP contribution in [-0.4, -0.2) is 84.2 Å². The summed E-state index contributed by atoms with van der Waals surface area (Å²) in [5.41, 5.74) is 2.39. The van der Waals surface area contributed by atoms with Gasteiger partial charge >= 0.3 is 0 Å². The molecular formula is C26H29ClN6O3S2. The van der Waals surface area contributed by atoms with Crippen molar-refractivity contribution in [3.05, 3.63) is 66.3 Å². The molecule has 2 N–H and O–H groups in total. The van der Waals surface area contributed by atoms with Crippen LogP contribution in [0.1, 0.15) is 46.0 Å². The largest absolute Gasteiger partial charge is 0.347 e. The number of aromatic nitrogens is 1. The minimum atomic E-state index is -0.358. The summed E-state index contributed by atoms with van der Waals surface area (Å²) in [7, 11) is 4.08. The minimum absolute atomic E-state index is 0.132. The van der Waals surface area contributed by atoms with Crippen molar-refractivity contribution in [3.63, 3.8) is 0 Å². The van der Waals surface area contributed by atoms with Gasteiger partial charge in [0.05, 0.1) is 26.2 Å². The third-order valence-electron chi connectivity index (χ3n) is 6.76. The van der Waals surface area contributed by atoms with E-state index in [0.717, 1.165) is 43.2 Å². The molecule has 0 spiro atoms. The Bertz CT molecular complexity index is 1360. The summed E-state index contributed by atoms with van der Waals surface area (Å²) in [5.74, 6) is -0.776. The Balaban J connectivity index is 1.42. The molecule has 38 heavy (non-hydrogen) atoms. The molecule has 4 heterocycles. The van der Waals surface area contributed by atoms with E-state index < -0.39 is 0 Å². The molecular weight excluding hydrogens is 544 g/mol. The summed E-state index contributed by atoms with van der Waals surface area (Å²) >= 11 is 8.56. The molecule has 0 aliphatic carbocycles. The van der Waals surface area contributed by atoms with E-state index in [9.17, 15) is 14.4 Å². The van der Waals surface area contributed by atoms with E-state index in [-0.39, 0.29) is 24.3 Å². The maximum atomic E-state index is 13.6. The molecule has 200 valence electrons. The molecule has 0 unspecified atom stereocenters. The van der Waals surface area contributed by atoms with Crippen LogP contribution in [-0.2, 0) is 19.5 Å². The average Bonchev–Trinajstić information content (AvgIpc) is 3.54. The quantitative estimate of drug-likeness (QED) is 0.470. The Morgan fingerprint density at radius 3 is 2.50 bits per heavy atom. The molecule has 2 aliphatic heterocycles. The van der Waals surface area contributed by atoms with E-state index >= 15 is 0 Å². The lowest BCUT2D eigenvalue weighted by atomic mass is 10.0. The summed E-state index contributed by atoms with van der Waals surface area (Å²) in [5, 5.41) is 6.24. The lowest BCUT2D eigenvalue weighted by Gasteiger charge is -2.33. The van der Waals surface area contributed by atoms with Crippen molar-refractivity contribution in [3.8, 4) is 0 Å². The zero-order chi connectivity index (χ0) is 26.8. The van der Waals surface area contributed by atoms with E-state index in [4.69, 9.17) is 11.6 Å². The molecule has 12 heteroatoms. The van der Waals surface area contributed by atoms with E-state index in [1.54, 1.807) is 35.2 Å². The third kappa shape index (κ3) is 5.92. The van der Waals surface area contributed by atoms with Gasteiger partial charge in [-0.3, -0.25) is 14.4 Å². The monoisotopic (exact) mass is 572 g/mol. The first-order valence-electron chi connectivity index (χ1n) is 12.4. The van der Waals surface area contributed by atoms with Crippen molar-refractivity contribution in [2.45, 2.75) is 19.5 Å². The van der Waals surface area contributed by atoms with Crippen LogP contribution < -0.4 is 10.6 Å². The number of halogens is 1. The number of benzene rings is 1. The summed E-state index contributed by atoms with van der Waals surface area (Å²) in [6.45, 7) is 4.58. The number of piperazine rings is 1. The van der Waals surface area contributed by atoms with Gasteiger partial charge in [0, 0.05) is 57.1 Å². The van der Waals surface area contributed by atoms with Gasteiger partial charge in [0.15, 0.2) is 5.01 Å². The van der Waals surface area contributed by atoms with Crippen LogP contribution >= 0.6 is 34.3 Å². The van der Waals surface area contributed by atoms with Crippen LogP contribution in [0.4, 0.5) is 5.69 Å². The van der Waals surface area contributed by atoms with Gasteiger partial charge < -0.3 is 25.3 Å². The number of nitrogens with zero attached hydrogens (tertiary/aromatic N) is 4. The van der Waals surface area contributed by atoms with E-state index in [0.29, 0.717) is 44.1 Å². The Morgan fingerprint density at radius 1 is 0.974 bits per heavy atom. The highest BCUT2D eigenvalue weighted by Gasteiger charge is 2.27. The van der Waals surface area contributed by atoms with Crippen LogP contribution in [0.2, 0.25) is 4.34 Å². The van der Waals surface area contributed by atoms with Crippen LogP contribution in [0.25, 0.3) is 0 Å². The van der Waals surface area contributed by atoms with Crippen LogP contribution in [0.5, 0.6) is 0 Å². The molecule has 2 aromatic heterocycles. The molecule has 5 rings (SSSR count). The van der Waals surface area contributed by atoms with Gasteiger partial charge in [-0.15, -0.1) is 22.7 Å². The van der Waals surface area contributed by atoms with Gasteiger partial charge in [0.25, 0.3) is 17.7 Å². The average molecular weight is 573 g/mol. The van der Waals surface area contributed by atoms with Gasteiger partial charge in [-0.25, -0.2) is 4.98 Å². The molecule has 0 saturated carbocycles. The molecule has 0 atom stereocenters.